The zero-order valence-corrected chi connectivity index (χ0v) is 10.1. The van der Waals surface area contributed by atoms with Gasteiger partial charge < -0.3 is 14.7 Å². The number of carbonyl (C=O) groups is 1. The second-order valence-corrected chi connectivity index (χ2v) is 4.31. The minimum Gasteiger partial charge on any atom is -0.396 e. The standard InChI is InChI=1S/C12H14ClNO3/c13-10-3-1-2-4-11(10)14-7-9(5-6-15)17-8-12(14)16/h1-4,9,15H,5-8H2. The fraction of sp³-hybridized carbons (Fsp3) is 0.417. The maximum Gasteiger partial charge on any atom is 0.253 e. The van der Waals surface area contributed by atoms with Gasteiger partial charge in [-0.05, 0) is 18.6 Å². The van der Waals surface area contributed by atoms with Crippen LogP contribution in [0.25, 0.3) is 0 Å². The number of carbonyl (C=O) groups excluding carboxylic acids is 1. The number of halogens is 1. The average molecular weight is 256 g/mol. The molecule has 0 saturated carbocycles. The molecule has 1 N–H and O–H groups in total. The molecule has 4 nitrogen and oxygen atoms in total. The van der Waals surface area contributed by atoms with E-state index < -0.39 is 0 Å². The summed E-state index contributed by atoms with van der Waals surface area (Å²) in [7, 11) is 0. The SMILES string of the molecule is O=C1COC(CCO)CN1c1ccccc1Cl. The van der Waals surface area contributed by atoms with E-state index in [0.717, 1.165) is 0 Å². The first-order chi connectivity index (χ1) is 8.22. The fourth-order valence-corrected chi connectivity index (χ4v) is 2.08. The molecular weight excluding hydrogens is 242 g/mol. The van der Waals surface area contributed by atoms with Gasteiger partial charge in [-0.25, -0.2) is 0 Å². The number of amides is 1. The van der Waals surface area contributed by atoms with Gasteiger partial charge in [-0.3, -0.25) is 4.79 Å². The molecule has 0 bridgehead atoms. The fourth-order valence-electron chi connectivity index (χ4n) is 1.85. The summed E-state index contributed by atoms with van der Waals surface area (Å²) >= 11 is 6.06. The summed E-state index contributed by atoms with van der Waals surface area (Å²) in [5.74, 6) is -0.104. The Balaban J connectivity index is 2.18. The molecule has 1 fully saturated rings. The molecule has 1 saturated heterocycles. The Bertz CT molecular complexity index is 410. The third-order valence-electron chi connectivity index (χ3n) is 2.72. The van der Waals surface area contributed by atoms with Crippen molar-refractivity contribution >= 4 is 23.2 Å². The zero-order chi connectivity index (χ0) is 12.3. The molecular formula is C12H14ClNO3. The van der Waals surface area contributed by atoms with Crippen molar-refractivity contribution in [2.75, 3.05) is 24.7 Å². The third-order valence-corrected chi connectivity index (χ3v) is 3.04. The highest BCUT2D eigenvalue weighted by molar-refractivity contribution is 6.33. The molecule has 92 valence electrons. The molecule has 1 amide bonds. The van der Waals surface area contributed by atoms with E-state index in [9.17, 15) is 4.79 Å². The summed E-state index contributed by atoms with van der Waals surface area (Å²) in [6, 6.07) is 7.22. The number of para-hydroxylation sites is 1. The summed E-state index contributed by atoms with van der Waals surface area (Å²) in [6.45, 7) is 0.522. The summed E-state index contributed by atoms with van der Waals surface area (Å²) in [5.41, 5.74) is 0.699. The first kappa shape index (κ1) is 12.4. The molecule has 0 radical (unpaired) electrons. The number of rotatable bonds is 3. The number of morpholine rings is 1. The highest BCUT2D eigenvalue weighted by Crippen LogP contribution is 2.27. The van der Waals surface area contributed by atoms with E-state index in [1.54, 1.807) is 11.0 Å². The first-order valence-corrected chi connectivity index (χ1v) is 5.87. The summed E-state index contributed by atoms with van der Waals surface area (Å²) < 4.78 is 5.33. The number of aliphatic hydroxyl groups is 1. The molecule has 1 aliphatic rings. The lowest BCUT2D eigenvalue weighted by atomic mass is 10.2. The number of benzene rings is 1. The Morgan fingerprint density at radius 2 is 2.24 bits per heavy atom. The summed E-state index contributed by atoms with van der Waals surface area (Å²) in [5, 5.41) is 9.43. The highest BCUT2D eigenvalue weighted by atomic mass is 35.5. The molecule has 2 rings (SSSR count). The monoisotopic (exact) mass is 255 g/mol. The quantitative estimate of drug-likeness (QED) is 0.890. The van der Waals surface area contributed by atoms with Gasteiger partial charge in [-0.1, -0.05) is 23.7 Å². The lowest BCUT2D eigenvalue weighted by molar-refractivity contribution is -0.129. The van der Waals surface area contributed by atoms with E-state index in [0.29, 0.717) is 23.7 Å². The maximum absolute atomic E-state index is 11.8. The van der Waals surface area contributed by atoms with Crippen LogP contribution in [0.15, 0.2) is 24.3 Å². The number of ether oxygens (including phenoxy) is 1. The zero-order valence-electron chi connectivity index (χ0n) is 9.30. The van der Waals surface area contributed by atoms with E-state index >= 15 is 0 Å². The van der Waals surface area contributed by atoms with Crippen LogP contribution in [0.2, 0.25) is 5.02 Å². The van der Waals surface area contributed by atoms with Crippen molar-refractivity contribution in [2.24, 2.45) is 0 Å². The molecule has 1 aliphatic heterocycles. The maximum atomic E-state index is 11.8. The van der Waals surface area contributed by atoms with E-state index in [-0.39, 0.29) is 25.2 Å². The lowest BCUT2D eigenvalue weighted by Gasteiger charge is -2.33. The molecule has 1 atom stereocenters. The van der Waals surface area contributed by atoms with Gasteiger partial charge in [0.1, 0.15) is 6.61 Å². The van der Waals surface area contributed by atoms with Crippen LogP contribution in [0.1, 0.15) is 6.42 Å². The summed E-state index contributed by atoms with van der Waals surface area (Å²) in [4.78, 5) is 13.4. The van der Waals surface area contributed by atoms with Crippen LogP contribution in [0.4, 0.5) is 5.69 Å². The molecule has 17 heavy (non-hydrogen) atoms. The van der Waals surface area contributed by atoms with Gasteiger partial charge in [-0.2, -0.15) is 0 Å². The minimum atomic E-state index is -0.131. The van der Waals surface area contributed by atoms with Crippen molar-refractivity contribution in [3.63, 3.8) is 0 Å². The van der Waals surface area contributed by atoms with Crippen LogP contribution in [0.3, 0.4) is 0 Å². The third kappa shape index (κ3) is 2.77. The van der Waals surface area contributed by atoms with Crippen LogP contribution in [-0.2, 0) is 9.53 Å². The first-order valence-electron chi connectivity index (χ1n) is 5.49. The Hall–Kier alpha value is -1.10. The predicted octanol–water partition coefficient (Wildman–Crippen LogP) is 1.45. The van der Waals surface area contributed by atoms with Gasteiger partial charge in [0, 0.05) is 6.61 Å². The van der Waals surface area contributed by atoms with E-state index in [1.807, 2.05) is 18.2 Å². The minimum absolute atomic E-state index is 0.0376. The Morgan fingerprint density at radius 1 is 1.47 bits per heavy atom. The van der Waals surface area contributed by atoms with E-state index in [1.165, 1.54) is 0 Å². The smallest absolute Gasteiger partial charge is 0.253 e. The van der Waals surface area contributed by atoms with Crippen LogP contribution in [-0.4, -0.2) is 36.9 Å². The van der Waals surface area contributed by atoms with Crippen LogP contribution in [0, 0.1) is 0 Å². The number of nitrogens with zero attached hydrogens (tertiary/aromatic N) is 1. The number of aliphatic hydroxyl groups excluding tert-OH is 1. The molecule has 0 spiro atoms. The van der Waals surface area contributed by atoms with Gasteiger partial charge in [0.25, 0.3) is 5.91 Å². The highest BCUT2D eigenvalue weighted by Gasteiger charge is 2.27. The molecule has 5 heteroatoms. The Morgan fingerprint density at radius 3 is 2.94 bits per heavy atom. The lowest BCUT2D eigenvalue weighted by Crippen LogP contribution is -2.47. The van der Waals surface area contributed by atoms with Crippen molar-refractivity contribution in [1.82, 2.24) is 0 Å². The van der Waals surface area contributed by atoms with Crippen molar-refractivity contribution in [3.05, 3.63) is 29.3 Å². The molecule has 1 unspecified atom stereocenters. The van der Waals surface area contributed by atoms with Gasteiger partial charge in [0.15, 0.2) is 0 Å². The summed E-state index contributed by atoms with van der Waals surface area (Å²) in [6.07, 6.45) is 0.391. The van der Waals surface area contributed by atoms with Crippen molar-refractivity contribution < 1.29 is 14.6 Å². The van der Waals surface area contributed by atoms with Crippen LogP contribution < -0.4 is 4.90 Å². The molecule has 1 aromatic rings. The van der Waals surface area contributed by atoms with Crippen molar-refractivity contribution in [3.8, 4) is 0 Å². The van der Waals surface area contributed by atoms with E-state index in [2.05, 4.69) is 0 Å². The van der Waals surface area contributed by atoms with Crippen molar-refractivity contribution in [1.29, 1.82) is 0 Å². The second-order valence-electron chi connectivity index (χ2n) is 3.90. The largest absolute Gasteiger partial charge is 0.396 e. The van der Waals surface area contributed by atoms with Crippen LogP contribution in [0.5, 0.6) is 0 Å². The van der Waals surface area contributed by atoms with Crippen LogP contribution >= 0.6 is 11.6 Å². The average Bonchev–Trinajstić information content (AvgIpc) is 2.33. The van der Waals surface area contributed by atoms with Gasteiger partial charge in [-0.15, -0.1) is 0 Å². The molecule has 0 aliphatic carbocycles. The van der Waals surface area contributed by atoms with Crippen molar-refractivity contribution in [2.45, 2.75) is 12.5 Å². The Kier molecular flexibility index (Phi) is 3.99. The number of anilines is 1. The molecule has 0 aromatic heterocycles. The number of hydrogen-bond donors (Lipinski definition) is 1. The predicted molar refractivity (Wildman–Crippen MR) is 65.2 cm³/mol. The number of hydrogen-bond acceptors (Lipinski definition) is 3. The van der Waals surface area contributed by atoms with Gasteiger partial charge >= 0.3 is 0 Å². The molecule has 1 aromatic carbocycles. The van der Waals surface area contributed by atoms with Gasteiger partial charge in [0.05, 0.1) is 23.4 Å². The Labute approximate surface area is 105 Å². The van der Waals surface area contributed by atoms with Gasteiger partial charge in [0.2, 0.25) is 0 Å². The molecule has 1 heterocycles. The van der Waals surface area contributed by atoms with E-state index in [4.69, 9.17) is 21.4 Å². The normalized spacial score (nSPS) is 20.7. The second kappa shape index (κ2) is 5.49. The topological polar surface area (TPSA) is 49.8 Å².